The fourth-order valence-electron chi connectivity index (χ4n) is 4.18. The van der Waals surface area contributed by atoms with Gasteiger partial charge in [-0.15, -0.1) is 0 Å². The molecule has 0 atom stereocenters. The second kappa shape index (κ2) is 10.8. The summed E-state index contributed by atoms with van der Waals surface area (Å²) in [7, 11) is -1.15. The Morgan fingerprint density at radius 1 is 1.15 bits per heavy atom. The molecule has 39 heavy (non-hydrogen) atoms. The molecule has 1 amide bonds. The number of carbonyl (C=O) groups is 1. The predicted octanol–water partition coefficient (Wildman–Crippen LogP) is 5.13. The highest BCUT2D eigenvalue weighted by Gasteiger charge is 2.35. The quantitative estimate of drug-likeness (QED) is 0.249. The number of rotatable bonds is 7. The standard InChI is InChI=1S/C29H41N5O4Si/c1-28(2,3)38-27(35)32-17-23(18-32)34-19-25(21-14-31-33(16-21)20-37-11-12-39(6,7)8)24-13-22(30-15-26(24)34)9-10-29(4,5)36/h13-16,19,23,36H,11-12,17-18,20H2,1-8H3. The summed E-state index contributed by atoms with van der Waals surface area (Å²) in [6, 6.07) is 3.16. The summed E-state index contributed by atoms with van der Waals surface area (Å²) in [5, 5.41) is 15.6. The Balaban J connectivity index is 1.60. The zero-order chi connectivity index (χ0) is 28.6. The van der Waals surface area contributed by atoms with E-state index in [9.17, 15) is 9.90 Å². The summed E-state index contributed by atoms with van der Waals surface area (Å²) in [6.45, 7) is 18.2. The van der Waals surface area contributed by atoms with Crippen molar-refractivity contribution in [1.29, 1.82) is 0 Å². The second-order valence-electron chi connectivity index (χ2n) is 13.0. The molecule has 1 aliphatic rings. The smallest absolute Gasteiger partial charge is 0.410 e. The van der Waals surface area contributed by atoms with Gasteiger partial charge in [-0.3, -0.25) is 0 Å². The van der Waals surface area contributed by atoms with E-state index in [1.807, 2.05) is 50.1 Å². The maximum absolute atomic E-state index is 12.5. The molecule has 0 aromatic carbocycles. The van der Waals surface area contributed by atoms with Crippen molar-refractivity contribution in [3.05, 3.63) is 36.5 Å². The van der Waals surface area contributed by atoms with Crippen LogP contribution in [-0.2, 0) is 16.2 Å². The van der Waals surface area contributed by atoms with Crippen molar-refractivity contribution < 1.29 is 19.4 Å². The Morgan fingerprint density at radius 3 is 2.51 bits per heavy atom. The SMILES string of the molecule is CC(C)(O)C#Cc1cc2c(-c3cnn(COCC[Si](C)(C)C)c3)cn(C3CN(C(=O)OC(C)(C)C)C3)c2cn1. The van der Waals surface area contributed by atoms with Gasteiger partial charge in [0.1, 0.15) is 23.6 Å². The van der Waals surface area contributed by atoms with Gasteiger partial charge in [-0.25, -0.2) is 14.5 Å². The number of likely N-dealkylation sites (tertiary alicyclic amines) is 1. The maximum atomic E-state index is 12.5. The third-order valence-corrected chi connectivity index (χ3v) is 7.99. The molecule has 10 heteroatoms. The summed E-state index contributed by atoms with van der Waals surface area (Å²) in [6.07, 6.45) is 7.45. The van der Waals surface area contributed by atoms with Gasteiger partial charge in [0, 0.05) is 56.7 Å². The minimum atomic E-state index is -1.15. The lowest BCUT2D eigenvalue weighted by atomic mass is 10.1. The van der Waals surface area contributed by atoms with Gasteiger partial charge in [0.25, 0.3) is 0 Å². The third kappa shape index (κ3) is 7.72. The van der Waals surface area contributed by atoms with Gasteiger partial charge in [0.2, 0.25) is 0 Å². The van der Waals surface area contributed by atoms with Crippen LogP contribution in [0.2, 0.25) is 25.7 Å². The van der Waals surface area contributed by atoms with Crippen LogP contribution in [-0.4, -0.2) is 74.4 Å². The molecule has 0 unspecified atom stereocenters. The molecule has 0 saturated carbocycles. The van der Waals surface area contributed by atoms with Gasteiger partial charge in [-0.1, -0.05) is 25.6 Å². The molecule has 9 nitrogen and oxygen atoms in total. The van der Waals surface area contributed by atoms with Gasteiger partial charge >= 0.3 is 6.09 Å². The highest BCUT2D eigenvalue weighted by molar-refractivity contribution is 6.76. The van der Waals surface area contributed by atoms with Crippen LogP contribution in [0.15, 0.2) is 30.9 Å². The third-order valence-electron chi connectivity index (χ3n) is 6.29. The van der Waals surface area contributed by atoms with E-state index in [1.54, 1.807) is 18.7 Å². The monoisotopic (exact) mass is 551 g/mol. The number of amides is 1. The lowest BCUT2D eigenvalue weighted by molar-refractivity contribution is 0.00158. The Labute approximate surface area is 232 Å². The molecule has 0 radical (unpaired) electrons. The first kappa shape index (κ1) is 28.9. The topological polar surface area (TPSA) is 94.6 Å². The molecule has 0 spiro atoms. The zero-order valence-electron chi connectivity index (χ0n) is 24.4. The van der Waals surface area contributed by atoms with Crippen LogP contribution < -0.4 is 0 Å². The minimum Gasteiger partial charge on any atom is -0.444 e. The number of nitrogens with zero attached hydrogens (tertiary/aromatic N) is 5. The molecule has 3 aromatic rings. The number of hydrogen-bond donors (Lipinski definition) is 1. The lowest BCUT2D eigenvalue weighted by Crippen LogP contribution is -2.52. The number of aliphatic hydroxyl groups is 1. The predicted molar refractivity (Wildman–Crippen MR) is 155 cm³/mol. The van der Waals surface area contributed by atoms with E-state index in [0.29, 0.717) is 25.5 Å². The highest BCUT2D eigenvalue weighted by atomic mass is 28.3. The molecule has 1 fully saturated rings. The van der Waals surface area contributed by atoms with Crippen LogP contribution in [0.4, 0.5) is 4.79 Å². The van der Waals surface area contributed by atoms with Crippen LogP contribution >= 0.6 is 0 Å². The molecular weight excluding hydrogens is 510 g/mol. The van der Waals surface area contributed by atoms with E-state index in [2.05, 4.69) is 52.3 Å². The number of carbonyl (C=O) groups excluding carboxylic acids is 1. The van der Waals surface area contributed by atoms with Crippen molar-refractivity contribution in [2.75, 3.05) is 19.7 Å². The molecule has 210 valence electrons. The second-order valence-corrected chi connectivity index (χ2v) is 18.6. The zero-order valence-corrected chi connectivity index (χ0v) is 25.4. The van der Waals surface area contributed by atoms with E-state index >= 15 is 0 Å². The molecule has 0 aliphatic carbocycles. The van der Waals surface area contributed by atoms with Crippen molar-refractivity contribution in [3.8, 4) is 23.0 Å². The minimum absolute atomic E-state index is 0.101. The van der Waals surface area contributed by atoms with Crippen LogP contribution in [0.1, 0.15) is 46.4 Å². The highest BCUT2D eigenvalue weighted by Crippen LogP contribution is 2.35. The summed E-state index contributed by atoms with van der Waals surface area (Å²) in [4.78, 5) is 18.8. The fraction of sp³-hybridized carbons (Fsp3) is 0.552. The first-order chi connectivity index (χ1) is 18.1. The maximum Gasteiger partial charge on any atom is 0.410 e. The summed E-state index contributed by atoms with van der Waals surface area (Å²) in [5.41, 5.74) is 1.85. The van der Waals surface area contributed by atoms with E-state index < -0.39 is 19.3 Å². The van der Waals surface area contributed by atoms with Gasteiger partial charge in [0.15, 0.2) is 0 Å². The summed E-state index contributed by atoms with van der Waals surface area (Å²) < 4.78 is 15.4. The van der Waals surface area contributed by atoms with E-state index in [1.165, 1.54) is 0 Å². The van der Waals surface area contributed by atoms with Crippen molar-refractivity contribution >= 4 is 25.1 Å². The molecule has 1 aliphatic heterocycles. The number of pyridine rings is 1. The van der Waals surface area contributed by atoms with E-state index in [0.717, 1.165) is 34.7 Å². The van der Waals surface area contributed by atoms with Crippen molar-refractivity contribution in [3.63, 3.8) is 0 Å². The number of ether oxygens (including phenoxy) is 2. The van der Waals surface area contributed by atoms with Crippen LogP contribution in [0.3, 0.4) is 0 Å². The van der Waals surface area contributed by atoms with Crippen LogP contribution in [0.25, 0.3) is 22.0 Å². The summed E-state index contributed by atoms with van der Waals surface area (Å²) in [5.74, 6) is 5.83. The normalized spacial score (nSPS) is 14.7. The number of hydrogen-bond acceptors (Lipinski definition) is 6. The van der Waals surface area contributed by atoms with Crippen molar-refractivity contribution in [2.24, 2.45) is 0 Å². The lowest BCUT2D eigenvalue weighted by Gasteiger charge is -2.40. The van der Waals surface area contributed by atoms with Gasteiger partial charge in [0.05, 0.1) is 24.0 Å². The molecule has 1 saturated heterocycles. The number of fused-ring (bicyclic) bond motifs is 1. The van der Waals surface area contributed by atoms with Gasteiger partial charge in [-0.05, 0) is 52.6 Å². The van der Waals surface area contributed by atoms with Gasteiger partial charge < -0.3 is 24.0 Å². The largest absolute Gasteiger partial charge is 0.444 e. The molecule has 4 heterocycles. The van der Waals surface area contributed by atoms with Gasteiger partial charge in [-0.2, -0.15) is 5.10 Å². The molecule has 3 aromatic heterocycles. The number of aromatic nitrogens is 4. The van der Waals surface area contributed by atoms with Crippen molar-refractivity contribution in [2.45, 2.75) is 84.3 Å². The molecule has 1 N–H and O–H groups in total. The summed E-state index contributed by atoms with van der Waals surface area (Å²) >= 11 is 0. The Kier molecular flexibility index (Phi) is 7.99. The Hall–Kier alpha value is -3.13. The van der Waals surface area contributed by atoms with E-state index in [4.69, 9.17) is 9.47 Å². The molecule has 0 bridgehead atoms. The average Bonchev–Trinajstić information content (AvgIpc) is 3.36. The first-order valence-corrected chi connectivity index (χ1v) is 17.1. The molecular formula is C29H41N5O4Si. The Bertz CT molecular complexity index is 1390. The van der Waals surface area contributed by atoms with Crippen LogP contribution in [0.5, 0.6) is 0 Å². The van der Waals surface area contributed by atoms with Crippen LogP contribution in [0, 0.1) is 11.8 Å². The first-order valence-electron chi connectivity index (χ1n) is 13.4. The Morgan fingerprint density at radius 2 is 1.87 bits per heavy atom. The molecule has 4 rings (SSSR count). The average molecular weight is 552 g/mol. The van der Waals surface area contributed by atoms with E-state index in [-0.39, 0.29) is 12.1 Å². The fourth-order valence-corrected chi connectivity index (χ4v) is 4.94. The van der Waals surface area contributed by atoms with Crippen molar-refractivity contribution in [1.82, 2.24) is 24.2 Å².